The lowest BCUT2D eigenvalue weighted by atomic mass is 10.1. The highest BCUT2D eigenvalue weighted by Gasteiger charge is 1.95. The SMILES string of the molecule is CCCCC(N)CN.CCCCCCC(N)N. The van der Waals surface area contributed by atoms with Gasteiger partial charge in [-0.2, -0.15) is 0 Å². The lowest BCUT2D eigenvalue weighted by Gasteiger charge is -2.04. The van der Waals surface area contributed by atoms with Crippen LogP contribution in [-0.4, -0.2) is 18.8 Å². The highest BCUT2D eigenvalue weighted by molar-refractivity contribution is 4.59. The first kappa shape index (κ1) is 19.2. The molecule has 17 heavy (non-hydrogen) atoms. The van der Waals surface area contributed by atoms with Crippen LogP contribution in [0.4, 0.5) is 0 Å². The Bertz CT molecular complexity index is 129. The van der Waals surface area contributed by atoms with Crippen LogP contribution < -0.4 is 22.9 Å². The molecule has 0 aliphatic carbocycles. The largest absolute Gasteiger partial charge is 0.329 e. The number of hydrogen-bond donors (Lipinski definition) is 4. The van der Waals surface area contributed by atoms with Gasteiger partial charge in [0.1, 0.15) is 0 Å². The molecule has 0 aliphatic rings. The van der Waals surface area contributed by atoms with Crippen LogP contribution in [0.2, 0.25) is 0 Å². The molecule has 0 amide bonds. The van der Waals surface area contributed by atoms with E-state index < -0.39 is 0 Å². The molecule has 1 unspecified atom stereocenters. The average molecular weight is 246 g/mol. The molecule has 0 aromatic rings. The minimum Gasteiger partial charge on any atom is -0.329 e. The second-order valence-corrected chi connectivity index (χ2v) is 4.65. The van der Waals surface area contributed by atoms with Gasteiger partial charge in [-0.05, 0) is 12.8 Å². The monoisotopic (exact) mass is 246 g/mol. The molecule has 8 N–H and O–H groups in total. The van der Waals surface area contributed by atoms with Crippen LogP contribution in [0, 0.1) is 0 Å². The van der Waals surface area contributed by atoms with Crippen molar-refractivity contribution >= 4 is 0 Å². The predicted octanol–water partition coefficient (Wildman–Crippen LogP) is 1.66. The summed E-state index contributed by atoms with van der Waals surface area (Å²) in [7, 11) is 0. The van der Waals surface area contributed by atoms with Gasteiger partial charge in [0.15, 0.2) is 0 Å². The van der Waals surface area contributed by atoms with Crippen LogP contribution in [0.15, 0.2) is 0 Å². The van der Waals surface area contributed by atoms with Gasteiger partial charge in [0, 0.05) is 12.6 Å². The maximum absolute atomic E-state index is 5.53. The second kappa shape index (κ2) is 15.8. The van der Waals surface area contributed by atoms with Crippen molar-refractivity contribution in [3.05, 3.63) is 0 Å². The molecule has 0 spiro atoms. The molecule has 0 rings (SSSR count). The van der Waals surface area contributed by atoms with Crippen molar-refractivity contribution < 1.29 is 0 Å². The molecule has 0 aliphatic heterocycles. The van der Waals surface area contributed by atoms with Gasteiger partial charge < -0.3 is 22.9 Å². The van der Waals surface area contributed by atoms with Crippen LogP contribution in [0.3, 0.4) is 0 Å². The summed E-state index contributed by atoms with van der Waals surface area (Å²) in [5, 5.41) is 0. The van der Waals surface area contributed by atoms with E-state index in [1.165, 1.54) is 38.5 Å². The van der Waals surface area contributed by atoms with Crippen LogP contribution in [0.25, 0.3) is 0 Å². The van der Waals surface area contributed by atoms with Crippen LogP contribution in [-0.2, 0) is 0 Å². The van der Waals surface area contributed by atoms with Crippen molar-refractivity contribution in [2.45, 2.75) is 77.4 Å². The minimum atomic E-state index is -0.0955. The molecular formula is C13H34N4. The maximum atomic E-state index is 5.53. The smallest absolute Gasteiger partial charge is 0.0520 e. The van der Waals surface area contributed by atoms with Gasteiger partial charge >= 0.3 is 0 Å². The fraction of sp³-hybridized carbons (Fsp3) is 1.00. The molecule has 0 heterocycles. The number of unbranched alkanes of at least 4 members (excludes halogenated alkanes) is 4. The van der Waals surface area contributed by atoms with Crippen LogP contribution in [0.5, 0.6) is 0 Å². The first-order valence-electron chi connectivity index (χ1n) is 7.05. The van der Waals surface area contributed by atoms with E-state index >= 15 is 0 Å². The number of rotatable bonds is 9. The van der Waals surface area contributed by atoms with E-state index in [1.54, 1.807) is 0 Å². The van der Waals surface area contributed by atoms with E-state index in [2.05, 4.69) is 13.8 Å². The quantitative estimate of drug-likeness (QED) is 0.367. The van der Waals surface area contributed by atoms with Crippen molar-refractivity contribution in [1.29, 1.82) is 0 Å². The fourth-order valence-electron chi connectivity index (χ4n) is 1.39. The maximum Gasteiger partial charge on any atom is 0.0520 e. The van der Waals surface area contributed by atoms with Gasteiger partial charge in [-0.3, -0.25) is 0 Å². The summed E-state index contributed by atoms with van der Waals surface area (Å²) in [6.07, 6.45) is 9.43. The molecule has 0 fully saturated rings. The number of hydrogen-bond acceptors (Lipinski definition) is 4. The van der Waals surface area contributed by atoms with Gasteiger partial charge in [-0.25, -0.2) is 0 Å². The molecule has 4 nitrogen and oxygen atoms in total. The molecule has 106 valence electrons. The van der Waals surface area contributed by atoms with Crippen molar-refractivity contribution in [3.63, 3.8) is 0 Å². The van der Waals surface area contributed by atoms with Gasteiger partial charge in [0.25, 0.3) is 0 Å². The standard InChI is InChI=1S/C7H18N2.C6H16N2/c1-2-3-4-5-6-7(8)9;1-2-3-4-6(8)5-7/h7H,2-6,8-9H2,1H3;6H,2-5,7-8H2,1H3. The Morgan fingerprint density at radius 3 is 1.76 bits per heavy atom. The summed E-state index contributed by atoms with van der Waals surface area (Å²) in [5.74, 6) is 0. The highest BCUT2D eigenvalue weighted by atomic mass is 14.8. The predicted molar refractivity (Wildman–Crippen MR) is 77.5 cm³/mol. The zero-order chi connectivity index (χ0) is 13.5. The zero-order valence-corrected chi connectivity index (χ0v) is 11.8. The van der Waals surface area contributed by atoms with E-state index in [9.17, 15) is 0 Å². The molecule has 0 saturated carbocycles. The summed E-state index contributed by atoms with van der Waals surface area (Å²) in [6.45, 7) is 4.98. The van der Waals surface area contributed by atoms with Crippen molar-refractivity contribution in [2.75, 3.05) is 6.54 Å². The van der Waals surface area contributed by atoms with Crippen molar-refractivity contribution in [1.82, 2.24) is 0 Å². The second-order valence-electron chi connectivity index (χ2n) is 4.65. The van der Waals surface area contributed by atoms with Gasteiger partial charge in [0.2, 0.25) is 0 Å². The Balaban J connectivity index is 0. The molecule has 0 aromatic carbocycles. The van der Waals surface area contributed by atoms with E-state index in [0.717, 1.165) is 12.8 Å². The lowest BCUT2D eigenvalue weighted by molar-refractivity contribution is 0.561. The summed E-state index contributed by atoms with van der Waals surface area (Å²) >= 11 is 0. The van der Waals surface area contributed by atoms with Gasteiger partial charge in [-0.1, -0.05) is 52.4 Å². The van der Waals surface area contributed by atoms with E-state index in [1.807, 2.05) is 0 Å². The fourth-order valence-corrected chi connectivity index (χ4v) is 1.39. The Labute approximate surface area is 107 Å². The van der Waals surface area contributed by atoms with Crippen molar-refractivity contribution in [2.24, 2.45) is 22.9 Å². The Morgan fingerprint density at radius 2 is 1.35 bits per heavy atom. The molecule has 0 aromatic heterocycles. The molecule has 0 saturated heterocycles. The molecule has 1 atom stereocenters. The average Bonchev–Trinajstić information content (AvgIpc) is 2.32. The first-order valence-corrected chi connectivity index (χ1v) is 7.05. The Morgan fingerprint density at radius 1 is 0.765 bits per heavy atom. The van der Waals surface area contributed by atoms with Crippen LogP contribution >= 0.6 is 0 Å². The number of nitrogens with two attached hydrogens (primary N) is 4. The third kappa shape index (κ3) is 21.6. The summed E-state index contributed by atoms with van der Waals surface area (Å²) < 4.78 is 0. The Hall–Kier alpha value is -0.160. The molecule has 0 radical (unpaired) electrons. The molecule has 4 heteroatoms. The summed E-state index contributed by atoms with van der Waals surface area (Å²) in [4.78, 5) is 0. The molecular weight excluding hydrogens is 212 g/mol. The third-order valence-electron chi connectivity index (χ3n) is 2.62. The van der Waals surface area contributed by atoms with E-state index in [0.29, 0.717) is 6.54 Å². The summed E-state index contributed by atoms with van der Waals surface area (Å²) in [5.41, 5.74) is 21.5. The first-order chi connectivity index (χ1) is 8.08. The van der Waals surface area contributed by atoms with Crippen LogP contribution in [0.1, 0.15) is 65.2 Å². The third-order valence-corrected chi connectivity index (χ3v) is 2.62. The topological polar surface area (TPSA) is 104 Å². The minimum absolute atomic E-state index is 0.0955. The van der Waals surface area contributed by atoms with E-state index in [-0.39, 0.29) is 12.2 Å². The van der Waals surface area contributed by atoms with Gasteiger partial charge in [0.05, 0.1) is 6.17 Å². The van der Waals surface area contributed by atoms with Gasteiger partial charge in [-0.15, -0.1) is 0 Å². The zero-order valence-electron chi connectivity index (χ0n) is 11.8. The normalized spacial score (nSPS) is 12.2. The Kier molecular flexibility index (Phi) is 17.9. The van der Waals surface area contributed by atoms with Crippen molar-refractivity contribution in [3.8, 4) is 0 Å². The molecule has 0 bridgehead atoms. The highest BCUT2D eigenvalue weighted by Crippen LogP contribution is 2.01. The lowest BCUT2D eigenvalue weighted by Crippen LogP contribution is -2.29. The van der Waals surface area contributed by atoms with E-state index in [4.69, 9.17) is 22.9 Å². The summed E-state index contributed by atoms with van der Waals surface area (Å²) in [6, 6.07) is 0.231.